The van der Waals surface area contributed by atoms with Crippen molar-refractivity contribution in [3.63, 3.8) is 0 Å². The molecule has 0 aromatic heterocycles. The lowest BCUT2D eigenvalue weighted by molar-refractivity contribution is -0.119. The van der Waals surface area contributed by atoms with E-state index in [1.807, 2.05) is 44.2 Å². The smallest absolute Gasteiger partial charge is 0.338 e. The van der Waals surface area contributed by atoms with E-state index in [-0.39, 0.29) is 22.3 Å². The minimum absolute atomic E-state index is 0.125. The highest BCUT2D eigenvalue weighted by atomic mass is 32.2. The van der Waals surface area contributed by atoms with Crippen LogP contribution in [0.25, 0.3) is 0 Å². The fourth-order valence-electron chi connectivity index (χ4n) is 4.35. The number of carbonyl (C=O) groups excluding carboxylic acids is 2. The van der Waals surface area contributed by atoms with Crippen molar-refractivity contribution < 1.29 is 22.7 Å². The van der Waals surface area contributed by atoms with Crippen molar-refractivity contribution in [2.75, 3.05) is 25.0 Å². The van der Waals surface area contributed by atoms with E-state index in [9.17, 15) is 18.0 Å². The molecule has 1 amide bonds. The van der Waals surface area contributed by atoms with E-state index in [0.29, 0.717) is 24.5 Å². The number of ether oxygens (including phenoxy) is 1. The predicted molar refractivity (Wildman–Crippen MR) is 144 cm³/mol. The highest BCUT2D eigenvalue weighted by Crippen LogP contribution is 2.27. The SMILES string of the molecule is C[C@H]1C[C@H](C)CN(S(=O)(=O)c2ccc(C(=O)OCC(=O)Nc3ccc(N=Nc4ccccc4)cc3)cc2)C1. The summed E-state index contributed by atoms with van der Waals surface area (Å²) >= 11 is 0. The third kappa shape index (κ3) is 7.11. The van der Waals surface area contributed by atoms with Crippen molar-refractivity contribution in [3.8, 4) is 0 Å². The molecule has 10 heteroatoms. The average molecular weight is 535 g/mol. The van der Waals surface area contributed by atoms with Crippen LogP contribution in [-0.4, -0.2) is 44.3 Å². The quantitative estimate of drug-likeness (QED) is 0.300. The van der Waals surface area contributed by atoms with E-state index < -0.39 is 28.5 Å². The molecule has 9 nitrogen and oxygen atoms in total. The number of sulfonamides is 1. The number of hydrogen-bond acceptors (Lipinski definition) is 7. The van der Waals surface area contributed by atoms with Crippen molar-refractivity contribution in [1.82, 2.24) is 4.31 Å². The summed E-state index contributed by atoms with van der Waals surface area (Å²) in [5.41, 5.74) is 2.02. The first-order chi connectivity index (χ1) is 18.2. The van der Waals surface area contributed by atoms with Gasteiger partial charge in [0, 0.05) is 18.8 Å². The van der Waals surface area contributed by atoms with Crippen LogP contribution in [0.4, 0.5) is 17.1 Å². The van der Waals surface area contributed by atoms with Gasteiger partial charge in [-0.05, 0) is 78.9 Å². The molecule has 1 saturated heterocycles. The number of anilines is 1. The van der Waals surface area contributed by atoms with Crippen molar-refractivity contribution in [2.45, 2.75) is 25.2 Å². The largest absolute Gasteiger partial charge is 0.452 e. The van der Waals surface area contributed by atoms with Crippen LogP contribution in [0, 0.1) is 11.8 Å². The molecule has 38 heavy (non-hydrogen) atoms. The first kappa shape index (κ1) is 27.2. The molecule has 1 aliphatic rings. The van der Waals surface area contributed by atoms with Gasteiger partial charge in [-0.1, -0.05) is 32.0 Å². The molecule has 1 N–H and O–H groups in total. The van der Waals surface area contributed by atoms with Gasteiger partial charge in [0.25, 0.3) is 5.91 Å². The fraction of sp³-hybridized carbons (Fsp3) is 0.286. The molecule has 0 radical (unpaired) electrons. The monoisotopic (exact) mass is 534 g/mol. The molecule has 198 valence electrons. The van der Waals surface area contributed by atoms with Crippen LogP contribution in [0.5, 0.6) is 0 Å². The van der Waals surface area contributed by atoms with E-state index in [1.165, 1.54) is 28.6 Å². The molecule has 3 aromatic rings. The molecule has 1 fully saturated rings. The Hall–Kier alpha value is -3.89. The molecule has 0 aliphatic carbocycles. The minimum Gasteiger partial charge on any atom is -0.452 e. The van der Waals surface area contributed by atoms with Gasteiger partial charge >= 0.3 is 5.97 Å². The molecule has 4 rings (SSSR count). The molecule has 0 unspecified atom stereocenters. The summed E-state index contributed by atoms with van der Waals surface area (Å²) in [4.78, 5) is 24.8. The summed E-state index contributed by atoms with van der Waals surface area (Å²) < 4.78 is 32.6. The maximum absolute atomic E-state index is 13.0. The first-order valence-corrected chi connectivity index (χ1v) is 13.8. The zero-order valence-electron chi connectivity index (χ0n) is 21.3. The summed E-state index contributed by atoms with van der Waals surface area (Å²) in [6, 6.07) is 21.6. The Morgan fingerprint density at radius 3 is 2.05 bits per heavy atom. The zero-order valence-corrected chi connectivity index (χ0v) is 22.1. The Bertz CT molecular complexity index is 1380. The second-order valence-corrected chi connectivity index (χ2v) is 11.4. The van der Waals surface area contributed by atoms with Gasteiger partial charge < -0.3 is 10.1 Å². The molecule has 1 aliphatic heterocycles. The number of benzene rings is 3. The number of hydrogen-bond donors (Lipinski definition) is 1. The Morgan fingerprint density at radius 2 is 1.45 bits per heavy atom. The van der Waals surface area contributed by atoms with Crippen molar-refractivity contribution >= 4 is 39.0 Å². The summed E-state index contributed by atoms with van der Waals surface area (Å²) in [6.07, 6.45) is 0.997. The van der Waals surface area contributed by atoms with Gasteiger partial charge in [-0.3, -0.25) is 4.79 Å². The van der Waals surface area contributed by atoms with Crippen LogP contribution in [0.2, 0.25) is 0 Å². The Balaban J connectivity index is 1.28. The Morgan fingerprint density at radius 1 is 0.868 bits per heavy atom. The van der Waals surface area contributed by atoms with E-state index in [2.05, 4.69) is 15.5 Å². The highest BCUT2D eigenvalue weighted by Gasteiger charge is 2.31. The van der Waals surface area contributed by atoms with Crippen LogP contribution in [-0.2, 0) is 19.6 Å². The van der Waals surface area contributed by atoms with Gasteiger partial charge in [0.2, 0.25) is 10.0 Å². The van der Waals surface area contributed by atoms with Crippen LogP contribution in [0.1, 0.15) is 30.6 Å². The van der Waals surface area contributed by atoms with E-state index in [4.69, 9.17) is 4.74 Å². The molecule has 2 atom stereocenters. The Labute approximate surface area is 222 Å². The number of nitrogens with one attached hydrogen (secondary N) is 1. The van der Waals surface area contributed by atoms with Gasteiger partial charge in [0.15, 0.2) is 6.61 Å². The predicted octanol–water partition coefficient (Wildman–Crippen LogP) is 5.56. The number of piperidine rings is 1. The number of nitrogens with zero attached hydrogens (tertiary/aromatic N) is 3. The normalized spacial score (nSPS) is 18.3. The van der Waals surface area contributed by atoms with Gasteiger partial charge in [-0.25, -0.2) is 13.2 Å². The third-order valence-electron chi connectivity index (χ3n) is 6.09. The third-order valence-corrected chi connectivity index (χ3v) is 7.93. The van der Waals surface area contributed by atoms with Crippen molar-refractivity contribution in [2.24, 2.45) is 22.1 Å². The van der Waals surface area contributed by atoms with Gasteiger partial charge in [0.05, 0.1) is 21.8 Å². The van der Waals surface area contributed by atoms with Crippen molar-refractivity contribution in [1.29, 1.82) is 0 Å². The van der Waals surface area contributed by atoms with Crippen LogP contribution in [0.3, 0.4) is 0 Å². The van der Waals surface area contributed by atoms with Crippen LogP contribution < -0.4 is 5.32 Å². The minimum atomic E-state index is -3.65. The lowest BCUT2D eigenvalue weighted by Gasteiger charge is -2.34. The molecule has 0 bridgehead atoms. The second-order valence-electron chi connectivity index (χ2n) is 9.50. The fourth-order valence-corrected chi connectivity index (χ4v) is 6.03. The summed E-state index contributed by atoms with van der Waals surface area (Å²) in [7, 11) is -3.65. The number of azo groups is 1. The molecular weight excluding hydrogens is 504 g/mol. The highest BCUT2D eigenvalue weighted by molar-refractivity contribution is 7.89. The maximum atomic E-state index is 13.0. The van der Waals surface area contributed by atoms with Gasteiger partial charge in [-0.2, -0.15) is 14.5 Å². The lowest BCUT2D eigenvalue weighted by Crippen LogP contribution is -2.42. The number of rotatable bonds is 8. The van der Waals surface area contributed by atoms with Crippen LogP contribution >= 0.6 is 0 Å². The standard InChI is InChI=1S/C28H30N4O5S/c1-20-16-21(2)18-32(17-20)38(35,36)26-14-8-22(9-15-26)28(34)37-19-27(33)29-23-10-12-25(13-11-23)31-30-24-6-4-3-5-7-24/h3-15,20-21H,16-19H2,1-2H3,(H,29,33)/t20-,21-/m0/s1. The summed E-state index contributed by atoms with van der Waals surface area (Å²) in [6.45, 7) is 4.56. The van der Waals surface area contributed by atoms with E-state index in [0.717, 1.165) is 12.1 Å². The van der Waals surface area contributed by atoms with E-state index >= 15 is 0 Å². The number of carbonyl (C=O) groups is 2. The van der Waals surface area contributed by atoms with Gasteiger partial charge in [0.1, 0.15) is 0 Å². The first-order valence-electron chi connectivity index (χ1n) is 12.3. The van der Waals surface area contributed by atoms with Gasteiger partial charge in [-0.15, -0.1) is 0 Å². The zero-order chi connectivity index (χ0) is 27.1. The second kappa shape index (κ2) is 12.1. The Kier molecular flexibility index (Phi) is 8.65. The van der Waals surface area contributed by atoms with E-state index in [1.54, 1.807) is 24.3 Å². The molecular formula is C28H30N4O5S. The maximum Gasteiger partial charge on any atom is 0.338 e. The van der Waals surface area contributed by atoms with Crippen molar-refractivity contribution in [3.05, 3.63) is 84.4 Å². The summed E-state index contributed by atoms with van der Waals surface area (Å²) in [5.74, 6) is -0.653. The van der Waals surface area contributed by atoms with Crippen LogP contribution in [0.15, 0.2) is 94.0 Å². The summed E-state index contributed by atoms with van der Waals surface area (Å²) in [5, 5.41) is 10.9. The lowest BCUT2D eigenvalue weighted by atomic mass is 9.94. The molecule has 0 saturated carbocycles. The molecule has 1 heterocycles. The average Bonchev–Trinajstić information content (AvgIpc) is 2.91. The topological polar surface area (TPSA) is 118 Å². The molecule has 0 spiro atoms. The number of esters is 1. The number of amides is 1. The molecule has 3 aromatic carbocycles.